The molecule has 0 aliphatic carbocycles. The van der Waals surface area contributed by atoms with E-state index in [0.717, 1.165) is 30.3 Å². The first-order chi connectivity index (χ1) is 20.2. The van der Waals surface area contributed by atoms with E-state index in [1.165, 1.54) is 17.7 Å². The van der Waals surface area contributed by atoms with Crippen molar-refractivity contribution in [3.63, 3.8) is 0 Å². The third kappa shape index (κ3) is 7.71. The van der Waals surface area contributed by atoms with Crippen LogP contribution in [-0.4, -0.2) is 75.6 Å². The van der Waals surface area contributed by atoms with Crippen molar-refractivity contribution in [3.05, 3.63) is 53.0 Å². The number of piperidine rings is 1. The number of Topliss-reactive ketones (excluding diaryl/α,β-unsaturated/α-hetero) is 1. The minimum atomic E-state index is -4.08. The molecule has 13 heteroatoms. The Morgan fingerprint density at radius 2 is 2.00 bits per heavy atom. The van der Waals surface area contributed by atoms with Crippen LogP contribution in [0.3, 0.4) is 0 Å². The lowest BCUT2D eigenvalue weighted by Gasteiger charge is -2.38. The van der Waals surface area contributed by atoms with Crippen molar-refractivity contribution >= 4 is 55.8 Å². The van der Waals surface area contributed by atoms with Gasteiger partial charge in [0.05, 0.1) is 11.2 Å². The molecule has 11 nitrogen and oxygen atoms in total. The minimum Gasteiger partial charge on any atom is -0.377 e. The van der Waals surface area contributed by atoms with Gasteiger partial charge in [-0.05, 0) is 50.7 Å². The molecule has 1 amide bonds. The number of carbonyl (C=O) groups excluding carboxylic acids is 2. The van der Waals surface area contributed by atoms with Gasteiger partial charge in [0.15, 0.2) is 10.8 Å². The molecule has 4 N–H and O–H groups in total. The van der Waals surface area contributed by atoms with E-state index in [2.05, 4.69) is 20.1 Å². The molecule has 1 aliphatic rings. The first kappa shape index (κ1) is 31.5. The van der Waals surface area contributed by atoms with E-state index in [9.17, 15) is 18.0 Å². The molecule has 1 aromatic heterocycles. The van der Waals surface area contributed by atoms with Gasteiger partial charge in [0.25, 0.3) is 0 Å². The van der Waals surface area contributed by atoms with Crippen LogP contribution in [0.1, 0.15) is 54.7 Å². The summed E-state index contributed by atoms with van der Waals surface area (Å²) in [7, 11) is -0.265. The van der Waals surface area contributed by atoms with Crippen molar-refractivity contribution in [3.8, 4) is 0 Å². The zero-order valence-electron chi connectivity index (χ0n) is 24.0. The number of nitrogens with two attached hydrogens (primary N) is 1. The van der Waals surface area contributed by atoms with Crippen LogP contribution in [0, 0.1) is 0 Å². The van der Waals surface area contributed by atoms with Gasteiger partial charge in [0, 0.05) is 67.7 Å². The fraction of sp³-hybridized carbons (Fsp3) is 0.448. The largest absolute Gasteiger partial charge is 0.377 e. The molecule has 0 bridgehead atoms. The summed E-state index contributed by atoms with van der Waals surface area (Å²) in [6.07, 6.45) is 7.02. The van der Waals surface area contributed by atoms with Gasteiger partial charge in [-0.2, -0.15) is 4.72 Å². The standard InChI is InChI=1S/C29H39N7O4S2/c1-35(2)25-12-5-10-23-22(25)9-6-13-27(23)42(39,40)34-24(11-7-16-31-20-33-30)29(38)36-18-4-3-8-21(36)14-15-26(37)28-32-17-19-41-28/h5-6,9-10,12-13,17,19-21,24,34H,3-4,7-8,11,14-16,18,30H2,1-2H3,(H,31,33). The molecular weight excluding hydrogens is 574 g/mol. The normalized spacial score (nSPS) is 16.5. The van der Waals surface area contributed by atoms with Crippen molar-refractivity contribution in [1.82, 2.24) is 20.0 Å². The van der Waals surface area contributed by atoms with Gasteiger partial charge in [0.1, 0.15) is 6.04 Å². The molecule has 0 radical (unpaired) electrons. The van der Waals surface area contributed by atoms with E-state index in [0.29, 0.717) is 36.3 Å². The van der Waals surface area contributed by atoms with E-state index in [4.69, 9.17) is 5.84 Å². The number of carbonyl (C=O) groups is 2. The molecule has 1 aliphatic heterocycles. The maximum Gasteiger partial charge on any atom is 0.241 e. The lowest BCUT2D eigenvalue weighted by molar-refractivity contribution is -0.137. The highest BCUT2D eigenvalue weighted by Gasteiger charge is 2.34. The summed E-state index contributed by atoms with van der Waals surface area (Å²) in [6, 6.07) is 9.58. The number of aliphatic imine (C=N–C) groups is 1. The molecule has 1 fully saturated rings. The van der Waals surface area contributed by atoms with Crippen molar-refractivity contribution in [2.75, 3.05) is 32.1 Å². The van der Waals surface area contributed by atoms with Crippen molar-refractivity contribution in [2.45, 2.75) is 61.9 Å². The van der Waals surface area contributed by atoms with Crippen molar-refractivity contribution in [2.24, 2.45) is 10.8 Å². The Bertz CT molecular complexity index is 1490. The predicted octanol–water partition coefficient (Wildman–Crippen LogP) is 3.33. The van der Waals surface area contributed by atoms with Crippen LogP contribution >= 0.6 is 11.3 Å². The van der Waals surface area contributed by atoms with Gasteiger partial charge in [-0.3, -0.25) is 14.6 Å². The van der Waals surface area contributed by atoms with Crippen molar-refractivity contribution < 1.29 is 18.0 Å². The highest BCUT2D eigenvalue weighted by atomic mass is 32.2. The number of ketones is 1. The van der Waals surface area contributed by atoms with E-state index in [1.807, 2.05) is 37.2 Å². The second kappa shape index (κ2) is 14.7. The zero-order valence-corrected chi connectivity index (χ0v) is 25.7. The Morgan fingerprint density at radius 1 is 1.21 bits per heavy atom. The van der Waals surface area contributed by atoms with E-state index >= 15 is 0 Å². The topological polar surface area (TPSA) is 150 Å². The Balaban J connectivity index is 1.58. The number of aromatic nitrogens is 1. The molecule has 2 unspecified atom stereocenters. The Kier molecular flexibility index (Phi) is 11.0. The Labute approximate surface area is 251 Å². The summed E-state index contributed by atoms with van der Waals surface area (Å²) >= 11 is 1.31. The first-order valence-electron chi connectivity index (χ1n) is 14.1. The smallest absolute Gasteiger partial charge is 0.241 e. The van der Waals surface area contributed by atoms with E-state index in [-0.39, 0.29) is 35.5 Å². The second-order valence-electron chi connectivity index (χ2n) is 10.5. The summed E-state index contributed by atoms with van der Waals surface area (Å²) in [5, 5.41) is 3.62. The highest BCUT2D eigenvalue weighted by Crippen LogP contribution is 2.31. The van der Waals surface area contributed by atoms with Crippen LogP contribution in [0.2, 0.25) is 0 Å². The molecule has 0 spiro atoms. The summed E-state index contributed by atoms with van der Waals surface area (Å²) in [4.78, 5) is 38.7. The lowest BCUT2D eigenvalue weighted by Crippen LogP contribution is -2.53. The third-order valence-corrected chi connectivity index (χ3v) is 9.80. The molecule has 2 atom stereocenters. The molecular formula is C29H39N7O4S2. The molecule has 3 aromatic rings. The molecule has 4 rings (SSSR count). The van der Waals surface area contributed by atoms with Crippen LogP contribution < -0.4 is 20.9 Å². The van der Waals surface area contributed by atoms with Gasteiger partial charge >= 0.3 is 0 Å². The van der Waals surface area contributed by atoms with Gasteiger partial charge in [-0.15, -0.1) is 11.3 Å². The summed E-state index contributed by atoms with van der Waals surface area (Å²) < 4.78 is 30.5. The number of rotatable bonds is 14. The van der Waals surface area contributed by atoms with E-state index < -0.39 is 16.1 Å². The first-order valence-corrected chi connectivity index (χ1v) is 16.5. The number of hydrogen-bond acceptors (Lipinski definition) is 9. The molecule has 1 saturated heterocycles. The minimum absolute atomic E-state index is 0.0420. The van der Waals surface area contributed by atoms with Crippen LogP contribution in [0.15, 0.2) is 57.9 Å². The highest BCUT2D eigenvalue weighted by molar-refractivity contribution is 7.89. The molecule has 42 heavy (non-hydrogen) atoms. The number of nitrogens with one attached hydrogen (secondary N) is 2. The average molecular weight is 614 g/mol. The van der Waals surface area contributed by atoms with Crippen LogP contribution in [-0.2, 0) is 14.8 Å². The Morgan fingerprint density at radius 3 is 2.74 bits per heavy atom. The average Bonchev–Trinajstić information content (AvgIpc) is 3.53. The number of fused-ring (bicyclic) bond motifs is 1. The Hall–Kier alpha value is -3.39. The van der Waals surface area contributed by atoms with Gasteiger partial charge < -0.3 is 15.2 Å². The number of likely N-dealkylation sites (tertiary alicyclic amines) is 1. The number of nitrogens with zero attached hydrogens (tertiary/aromatic N) is 4. The molecule has 2 heterocycles. The molecule has 0 saturated carbocycles. The predicted molar refractivity (Wildman–Crippen MR) is 167 cm³/mol. The van der Waals surface area contributed by atoms with Crippen LogP contribution in [0.5, 0.6) is 0 Å². The fourth-order valence-corrected chi connectivity index (χ4v) is 7.48. The number of anilines is 1. The molecule has 226 valence electrons. The van der Waals surface area contributed by atoms with Gasteiger partial charge in [-0.1, -0.05) is 24.3 Å². The maximum atomic E-state index is 14.0. The van der Waals surface area contributed by atoms with Gasteiger partial charge in [-0.25, -0.2) is 19.2 Å². The summed E-state index contributed by atoms with van der Waals surface area (Å²) in [5.41, 5.74) is 3.24. The quantitative estimate of drug-likeness (QED) is 0.0626. The van der Waals surface area contributed by atoms with Crippen molar-refractivity contribution in [1.29, 1.82) is 0 Å². The zero-order chi connectivity index (χ0) is 30.1. The van der Waals surface area contributed by atoms with Crippen LogP contribution in [0.4, 0.5) is 5.69 Å². The maximum absolute atomic E-state index is 14.0. The summed E-state index contributed by atoms with van der Waals surface area (Å²) in [6.45, 7) is 0.894. The number of thiazole rings is 1. The second-order valence-corrected chi connectivity index (χ2v) is 13.1. The number of hydrogen-bond donors (Lipinski definition) is 3. The monoisotopic (exact) mass is 613 g/mol. The fourth-order valence-electron chi connectivity index (χ4n) is 5.43. The number of amides is 1. The third-order valence-electron chi connectivity index (χ3n) is 7.46. The van der Waals surface area contributed by atoms with Gasteiger partial charge in [0.2, 0.25) is 15.9 Å². The summed E-state index contributed by atoms with van der Waals surface area (Å²) in [5.74, 6) is 4.93. The SMILES string of the molecule is CN(C)c1cccc2c(S(=O)(=O)NC(CCCN=CNN)C(=O)N3CCCCC3CCC(=O)c3nccs3)cccc12. The molecule has 2 aromatic carbocycles. The van der Waals surface area contributed by atoms with Crippen LogP contribution in [0.25, 0.3) is 10.8 Å². The number of benzene rings is 2. The number of sulfonamides is 1. The van der Waals surface area contributed by atoms with E-state index in [1.54, 1.807) is 34.7 Å². The number of hydrazine groups is 1. The lowest BCUT2D eigenvalue weighted by atomic mass is 9.95.